The summed E-state index contributed by atoms with van der Waals surface area (Å²) in [5.41, 5.74) is 2.98. The van der Waals surface area contributed by atoms with Gasteiger partial charge in [-0.1, -0.05) is 18.2 Å². The Morgan fingerprint density at radius 3 is 2.71 bits per heavy atom. The molecule has 0 saturated carbocycles. The number of nitrogens with zero attached hydrogens (tertiary/aromatic N) is 7. The molecule has 24 heavy (non-hydrogen) atoms. The highest BCUT2D eigenvalue weighted by Crippen LogP contribution is 2.22. The zero-order valence-corrected chi connectivity index (χ0v) is 13.5. The summed E-state index contributed by atoms with van der Waals surface area (Å²) in [6.45, 7) is 0.702. The van der Waals surface area contributed by atoms with E-state index in [0.29, 0.717) is 6.54 Å². The molecule has 0 saturated heterocycles. The first-order valence-corrected chi connectivity index (χ1v) is 7.65. The fourth-order valence-corrected chi connectivity index (χ4v) is 2.77. The van der Waals surface area contributed by atoms with Gasteiger partial charge in [-0.05, 0) is 12.1 Å². The number of anilines is 1. The second-order valence-corrected chi connectivity index (χ2v) is 5.69. The summed E-state index contributed by atoms with van der Waals surface area (Å²) < 4.78 is 3.63. The number of rotatable bonds is 4. The molecule has 0 aliphatic rings. The SMILES string of the molecule is CN(Cc1cnn(-c2ccccc2)c1)c1ncnc2c1cnn2C. The molecule has 1 aromatic carbocycles. The summed E-state index contributed by atoms with van der Waals surface area (Å²) in [6.07, 6.45) is 7.29. The van der Waals surface area contributed by atoms with Crippen LogP contribution in [0.4, 0.5) is 5.82 Å². The summed E-state index contributed by atoms with van der Waals surface area (Å²) in [6, 6.07) is 10.1. The van der Waals surface area contributed by atoms with Crippen LogP contribution in [0.3, 0.4) is 0 Å². The Bertz CT molecular complexity index is 971. The topological polar surface area (TPSA) is 64.7 Å². The highest BCUT2D eigenvalue weighted by atomic mass is 15.3. The molecule has 0 fully saturated rings. The Morgan fingerprint density at radius 1 is 1.04 bits per heavy atom. The lowest BCUT2D eigenvalue weighted by atomic mass is 10.3. The van der Waals surface area contributed by atoms with Crippen LogP contribution in [0.2, 0.25) is 0 Å². The molecule has 4 rings (SSSR count). The fourth-order valence-electron chi connectivity index (χ4n) is 2.77. The number of fused-ring (bicyclic) bond motifs is 1. The third-order valence-electron chi connectivity index (χ3n) is 3.95. The van der Waals surface area contributed by atoms with Crippen molar-refractivity contribution in [3.8, 4) is 5.69 Å². The minimum atomic E-state index is 0.702. The van der Waals surface area contributed by atoms with E-state index in [1.165, 1.54) is 0 Å². The molecule has 0 spiro atoms. The lowest BCUT2D eigenvalue weighted by molar-refractivity contribution is 0.785. The van der Waals surface area contributed by atoms with E-state index in [1.54, 1.807) is 17.2 Å². The lowest BCUT2D eigenvalue weighted by Crippen LogP contribution is -2.17. The average Bonchev–Trinajstić information content (AvgIpc) is 3.23. The molecular weight excluding hydrogens is 302 g/mol. The number of aromatic nitrogens is 6. The van der Waals surface area contributed by atoms with Crippen molar-refractivity contribution in [2.24, 2.45) is 7.05 Å². The quantitative estimate of drug-likeness (QED) is 0.577. The van der Waals surface area contributed by atoms with Crippen LogP contribution in [0.15, 0.2) is 55.2 Å². The van der Waals surface area contributed by atoms with Gasteiger partial charge in [0.15, 0.2) is 5.65 Å². The van der Waals surface area contributed by atoms with E-state index in [0.717, 1.165) is 28.1 Å². The van der Waals surface area contributed by atoms with E-state index >= 15 is 0 Å². The van der Waals surface area contributed by atoms with Gasteiger partial charge in [-0.3, -0.25) is 4.68 Å². The van der Waals surface area contributed by atoms with Gasteiger partial charge in [-0.25, -0.2) is 14.6 Å². The Kier molecular flexibility index (Phi) is 3.45. The van der Waals surface area contributed by atoms with Crippen LogP contribution in [0.25, 0.3) is 16.7 Å². The van der Waals surface area contributed by atoms with Gasteiger partial charge in [0.2, 0.25) is 0 Å². The normalized spacial score (nSPS) is 11.1. The Balaban J connectivity index is 1.60. The first kappa shape index (κ1) is 14.4. The van der Waals surface area contributed by atoms with Gasteiger partial charge in [0.05, 0.1) is 23.5 Å². The van der Waals surface area contributed by atoms with Crippen LogP contribution in [0.1, 0.15) is 5.56 Å². The lowest BCUT2D eigenvalue weighted by Gasteiger charge is -2.17. The molecule has 120 valence electrons. The van der Waals surface area contributed by atoms with Crippen LogP contribution in [-0.2, 0) is 13.6 Å². The van der Waals surface area contributed by atoms with E-state index in [9.17, 15) is 0 Å². The largest absolute Gasteiger partial charge is 0.355 e. The maximum Gasteiger partial charge on any atom is 0.163 e. The summed E-state index contributed by atoms with van der Waals surface area (Å²) in [5.74, 6) is 0.862. The second-order valence-electron chi connectivity index (χ2n) is 5.69. The number of benzene rings is 1. The standard InChI is InChI=1S/C17H17N7/c1-22(16-15-9-20-23(2)17(15)19-12-18-16)10-13-8-21-24(11-13)14-6-4-3-5-7-14/h3-9,11-12H,10H2,1-2H3. The van der Waals surface area contributed by atoms with Gasteiger partial charge in [-0.15, -0.1) is 0 Å². The van der Waals surface area contributed by atoms with Crippen LogP contribution in [0.5, 0.6) is 0 Å². The molecule has 4 aromatic rings. The zero-order valence-electron chi connectivity index (χ0n) is 13.5. The first-order chi connectivity index (χ1) is 11.7. The Labute approximate surface area is 139 Å². The molecule has 0 N–H and O–H groups in total. The Hall–Kier alpha value is -3.22. The number of hydrogen-bond donors (Lipinski definition) is 0. The summed E-state index contributed by atoms with van der Waals surface area (Å²) >= 11 is 0. The molecule has 0 amide bonds. The molecule has 3 aromatic heterocycles. The van der Waals surface area contributed by atoms with E-state index in [2.05, 4.69) is 25.1 Å². The van der Waals surface area contributed by atoms with E-state index < -0.39 is 0 Å². The van der Waals surface area contributed by atoms with Crippen LogP contribution >= 0.6 is 0 Å². The smallest absolute Gasteiger partial charge is 0.163 e. The minimum absolute atomic E-state index is 0.702. The van der Waals surface area contributed by atoms with Gasteiger partial charge in [0.1, 0.15) is 12.1 Å². The molecule has 3 heterocycles. The van der Waals surface area contributed by atoms with Gasteiger partial charge in [-0.2, -0.15) is 10.2 Å². The maximum absolute atomic E-state index is 4.44. The fraction of sp³-hybridized carbons (Fsp3) is 0.176. The molecule has 0 atom stereocenters. The number of hydrogen-bond acceptors (Lipinski definition) is 5. The molecular formula is C17H17N7. The zero-order chi connectivity index (χ0) is 16.5. The third kappa shape index (κ3) is 2.50. The second kappa shape index (κ2) is 5.77. The molecule has 0 radical (unpaired) electrons. The summed E-state index contributed by atoms with van der Waals surface area (Å²) in [5, 5.41) is 9.64. The molecule has 0 unspecified atom stereocenters. The van der Waals surface area contributed by atoms with Gasteiger partial charge < -0.3 is 4.90 Å². The minimum Gasteiger partial charge on any atom is -0.355 e. The van der Waals surface area contributed by atoms with Gasteiger partial charge in [0, 0.05) is 32.4 Å². The van der Waals surface area contributed by atoms with E-state index in [-0.39, 0.29) is 0 Å². The molecule has 7 nitrogen and oxygen atoms in total. The van der Waals surface area contributed by atoms with Gasteiger partial charge >= 0.3 is 0 Å². The maximum atomic E-state index is 4.44. The van der Waals surface area contributed by atoms with Crippen LogP contribution in [0, 0.1) is 0 Å². The van der Waals surface area contributed by atoms with Crippen molar-refractivity contribution >= 4 is 16.9 Å². The van der Waals surface area contributed by atoms with Crippen molar-refractivity contribution in [3.05, 3.63) is 60.8 Å². The van der Waals surface area contributed by atoms with Crippen molar-refractivity contribution < 1.29 is 0 Å². The van der Waals surface area contributed by atoms with Crippen molar-refractivity contribution in [2.45, 2.75) is 6.54 Å². The van der Waals surface area contributed by atoms with Gasteiger partial charge in [0.25, 0.3) is 0 Å². The Morgan fingerprint density at radius 2 is 1.88 bits per heavy atom. The monoisotopic (exact) mass is 319 g/mol. The predicted molar refractivity (Wildman–Crippen MR) is 92.0 cm³/mol. The number of aryl methyl sites for hydroxylation is 1. The molecule has 7 heteroatoms. The molecule has 0 aliphatic heterocycles. The average molecular weight is 319 g/mol. The predicted octanol–water partition coefficient (Wildman–Crippen LogP) is 2.19. The van der Waals surface area contributed by atoms with E-state index in [1.807, 2.05) is 61.5 Å². The van der Waals surface area contributed by atoms with Crippen molar-refractivity contribution in [1.82, 2.24) is 29.5 Å². The van der Waals surface area contributed by atoms with Crippen LogP contribution < -0.4 is 4.90 Å². The van der Waals surface area contributed by atoms with Crippen LogP contribution in [-0.4, -0.2) is 36.6 Å². The van der Waals surface area contributed by atoms with Crippen molar-refractivity contribution in [2.75, 3.05) is 11.9 Å². The highest BCUT2D eigenvalue weighted by Gasteiger charge is 2.13. The molecule has 0 aliphatic carbocycles. The highest BCUT2D eigenvalue weighted by molar-refractivity contribution is 5.86. The summed E-state index contributed by atoms with van der Waals surface area (Å²) in [4.78, 5) is 10.8. The number of para-hydroxylation sites is 1. The van der Waals surface area contributed by atoms with Crippen molar-refractivity contribution in [3.63, 3.8) is 0 Å². The third-order valence-corrected chi connectivity index (χ3v) is 3.95. The van der Waals surface area contributed by atoms with Crippen molar-refractivity contribution in [1.29, 1.82) is 0 Å². The molecule has 0 bridgehead atoms. The van der Waals surface area contributed by atoms with E-state index in [4.69, 9.17) is 0 Å². The first-order valence-electron chi connectivity index (χ1n) is 7.65. The summed E-state index contributed by atoms with van der Waals surface area (Å²) in [7, 11) is 3.89.